The Morgan fingerprint density at radius 3 is 2.57 bits per heavy atom. The number of thiazole rings is 1. The number of ketones is 1. The van der Waals surface area contributed by atoms with Gasteiger partial charge in [0.2, 0.25) is 21.8 Å². The molecule has 60 heavy (non-hydrogen) atoms. The molecule has 3 saturated heterocycles. The van der Waals surface area contributed by atoms with Crippen molar-refractivity contribution in [3.05, 3.63) is 47.0 Å². The Bertz CT molecular complexity index is 2260. The molecule has 2 amide bonds. The molecule has 2 aromatic heterocycles. The lowest BCUT2D eigenvalue weighted by Gasteiger charge is -2.40. The highest BCUT2D eigenvalue weighted by Crippen LogP contribution is 2.57. The number of benzene rings is 1. The molecule has 5 aliphatic rings. The molecule has 8 rings (SSSR count). The molecule has 5 heterocycles. The topological polar surface area (TPSA) is 167 Å². The summed E-state index contributed by atoms with van der Waals surface area (Å²) in [6.07, 6.45) is 2.92. The molecule has 5 fully saturated rings. The molecule has 7 atom stereocenters. The number of carbonyl (C=O) groups is 3. The number of rotatable bonds is 17. The zero-order valence-electron chi connectivity index (χ0n) is 34.6. The second kappa shape index (κ2) is 17.2. The molecule has 0 radical (unpaired) electrons. The number of nitrogens with one attached hydrogen (secondary N) is 1. The Morgan fingerprint density at radius 1 is 1.13 bits per heavy atom. The standard InChI is InChI=1S/C43H54ClN5O9S2/c1-6-26-21-43(26,42(52)47-60(53,54)27-7-8-27)22-34(50)33-20-37(32-11-9-28(25(4)55-5)41(51)49(32)33)58-36-19-30(40-46-31(23-59-40)24(2)3)45-39-29(36)10-12-35(38(39)44)57-18-15-48-13-16-56-17-14-48/h6,10,12,19,23-28,32-33,37H,1,7-9,11,13-18,20-22H2,2-5H3,(H,47,52)/t25-,26+,28+,32+,33-,37+,43+/m0/s1. The Hall–Kier alpha value is -3.67. The highest BCUT2D eigenvalue weighted by Gasteiger charge is 2.62. The molecule has 1 N–H and O–H groups in total. The number of carbonyl (C=O) groups excluding carboxylic acids is 3. The number of amides is 2. The molecule has 3 aliphatic heterocycles. The van der Waals surface area contributed by atoms with Crippen molar-refractivity contribution in [2.45, 2.75) is 101 Å². The van der Waals surface area contributed by atoms with E-state index in [2.05, 4.69) is 30.0 Å². The first-order valence-electron chi connectivity index (χ1n) is 21.0. The molecule has 1 aromatic carbocycles. The summed E-state index contributed by atoms with van der Waals surface area (Å²) in [5.74, 6) is -0.890. The van der Waals surface area contributed by atoms with E-state index in [0.29, 0.717) is 90.1 Å². The van der Waals surface area contributed by atoms with Crippen LogP contribution in [0.5, 0.6) is 11.5 Å². The van der Waals surface area contributed by atoms with Gasteiger partial charge in [0.1, 0.15) is 39.9 Å². The van der Waals surface area contributed by atoms with Crippen molar-refractivity contribution in [3.63, 3.8) is 0 Å². The summed E-state index contributed by atoms with van der Waals surface area (Å²) in [5.41, 5.74) is 0.718. The minimum atomic E-state index is -3.84. The number of Topliss-reactive ketones (excluding diaryl/α,β-unsaturated/α-hetero) is 1. The molecule has 0 unspecified atom stereocenters. The number of pyridine rings is 1. The summed E-state index contributed by atoms with van der Waals surface area (Å²) >= 11 is 8.59. The van der Waals surface area contributed by atoms with Gasteiger partial charge in [-0.25, -0.2) is 18.4 Å². The van der Waals surface area contributed by atoms with Gasteiger partial charge in [-0.2, -0.15) is 0 Å². The van der Waals surface area contributed by atoms with Crippen molar-refractivity contribution in [2.24, 2.45) is 17.3 Å². The van der Waals surface area contributed by atoms with Crippen LogP contribution in [-0.4, -0.2) is 122 Å². The van der Waals surface area contributed by atoms with Gasteiger partial charge in [0, 0.05) is 56.4 Å². The van der Waals surface area contributed by atoms with Crippen LogP contribution in [0.1, 0.15) is 77.3 Å². The van der Waals surface area contributed by atoms with Crippen molar-refractivity contribution >= 4 is 61.5 Å². The summed E-state index contributed by atoms with van der Waals surface area (Å²) in [7, 11) is -2.28. The van der Waals surface area contributed by atoms with Crippen LogP contribution in [0.3, 0.4) is 0 Å². The van der Waals surface area contributed by atoms with Gasteiger partial charge in [0.15, 0.2) is 5.78 Å². The number of aromatic nitrogens is 2. The largest absolute Gasteiger partial charge is 0.491 e. The number of hydrogen-bond acceptors (Lipinski definition) is 13. The smallest absolute Gasteiger partial charge is 0.240 e. The van der Waals surface area contributed by atoms with Crippen LogP contribution >= 0.6 is 22.9 Å². The second-order valence-electron chi connectivity index (χ2n) is 17.2. The van der Waals surface area contributed by atoms with Crippen LogP contribution in [0.2, 0.25) is 5.02 Å². The van der Waals surface area contributed by atoms with Crippen LogP contribution in [0.25, 0.3) is 21.6 Å². The number of methoxy groups -OCH3 is 1. The molecule has 324 valence electrons. The zero-order valence-corrected chi connectivity index (χ0v) is 37.0. The van der Waals surface area contributed by atoms with Gasteiger partial charge in [-0.15, -0.1) is 17.9 Å². The lowest BCUT2D eigenvalue weighted by molar-refractivity contribution is -0.152. The predicted molar refractivity (Wildman–Crippen MR) is 228 cm³/mol. The molecule has 2 saturated carbocycles. The van der Waals surface area contributed by atoms with E-state index in [0.717, 1.165) is 25.3 Å². The van der Waals surface area contributed by atoms with E-state index in [1.54, 1.807) is 18.1 Å². The quantitative estimate of drug-likeness (QED) is 0.163. The Labute approximate surface area is 360 Å². The van der Waals surface area contributed by atoms with E-state index in [1.165, 1.54) is 11.3 Å². The summed E-state index contributed by atoms with van der Waals surface area (Å²) in [6, 6.07) is 4.16. The summed E-state index contributed by atoms with van der Waals surface area (Å²) in [4.78, 5) is 56.5. The predicted octanol–water partition coefficient (Wildman–Crippen LogP) is 5.77. The highest BCUT2D eigenvalue weighted by molar-refractivity contribution is 7.90. The Balaban J connectivity index is 1.11. The number of allylic oxidation sites excluding steroid dienone is 1. The average molecular weight is 885 g/mol. The highest BCUT2D eigenvalue weighted by atomic mass is 35.5. The SMILES string of the molecule is C=C[C@@H]1C[C@]1(CC(=O)[C@@H]1C[C@@H](Oc2cc(-c3nc(C(C)C)cs3)nc3c(Cl)c(OCCN4CCOCC4)ccc23)[C@H]2CC[C@H]([C@H](C)OC)C(=O)N21)C(=O)NS(=O)(=O)C1CC1. The number of piperidine rings is 1. The number of morpholine rings is 1. The van der Waals surface area contributed by atoms with Gasteiger partial charge >= 0.3 is 0 Å². The molecule has 3 aromatic rings. The maximum absolute atomic E-state index is 14.6. The van der Waals surface area contributed by atoms with Crippen LogP contribution in [-0.2, 0) is 33.9 Å². The lowest BCUT2D eigenvalue weighted by atomic mass is 9.87. The van der Waals surface area contributed by atoms with E-state index >= 15 is 0 Å². The third kappa shape index (κ3) is 8.44. The third-order valence-electron chi connectivity index (χ3n) is 13.0. The average Bonchev–Trinajstić information content (AvgIpc) is 4.13. The van der Waals surface area contributed by atoms with Gasteiger partial charge in [-0.05, 0) is 63.0 Å². The van der Waals surface area contributed by atoms with E-state index < -0.39 is 50.7 Å². The Kier molecular flexibility index (Phi) is 12.4. The second-order valence-corrected chi connectivity index (χ2v) is 20.4. The van der Waals surface area contributed by atoms with Crippen LogP contribution in [0.15, 0.2) is 36.2 Å². The van der Waals surface area contributed by atoms with E-state index in [1.807, 2.05) is 30.5 Å². The van der Waals surface area contributed by atoms with Crippen LogP contribution in [0, 0.1) is 17.3 Å². The summed E-state index contributed by atoms with van der Waals surface area (Å²) in [5, 5.41) is 3.08. The minimum Gasteiger partial charge on any atom is -0.491 e. The van der Waals surface area contributed by atoms with Crippen molar-refractivity contribution in [3.8, 4) is 22.2 Å². The number of hydrogen-bond donors (Lipinski definition) is 1. The fourth-order valence-corrected chi connectivity index (χ4v) is 11.6. The number of fused-ring (bicyclic) bond motifs is 2. The van der Waals surface area contributed by atoms with Crippen LogP contribution in [0.4, 0.5) is 0 Å². The van der Waals surface area contributed by atoms with Crippen molar-refractivity contribution in [2.75, 3.05) is 46.6 Å². The van der Waals surface area contributed by atoms with Gasteiger partial charge < -0.3 is 23.8 Å². The molecular formula is C43H54ClN5O9S2. The molecular weight excluding hydrogens is 830 g/mol. The van der Waals surface area contributed by atoms with Crippen molar-refractivity contribution in [1.82, 2.24) is 24.5 Å². The van der Waals surface area contributed by atoms with Gasteiger partial charge in [-0.1, -0.05) is 31.5 Å². The summed E-state index contributed by atoms with van der Waals surface area (Å²) in [6.45, 7) is 14.1. The number of halogens is 1. The fourth-order valence-electron chi connectivity index (χ4n) is 9.00. The van der Waals surface area contributed by atoms with Crippen LogP contribution < -0.4 is 14.2 Å². The van der Waals surface area contributed by atoms with Crippen molar-refractivity contribution < 1.29 is 41.7 Å². The maximum Gasteiger partial charge on any atom is 0.240 e. The first kappa shape index (κ1) is 43.0. The van der Waals surface area contributed by atoms with Gasteiger partial charge in [0.25, 0.3) is 0 Å². The normalized spacial score (nSPS) is 27.5. The lowest BCUT2D eigenvalue weighted by Crippen LogP contribution is -2.55. The fraction of sp³-hybridized carbons (Fsp3) is 0.605. The van der Waals surface area contributed by atoms with E-state index in [9.17, 15) is 22.8 Å². The molecule has 17 heteroatoms. The first-order chi connectivity index (χ1) is 28.7. The molecule has 0 bridgehead atoms. The molecule has 14 nitrogen and oxygen atoms in total. The summed E-state index contributed by atoms with van der Waals surface area (Å²) < 4.78 is 52.2. The zero-order chi connectivity index (χ0) is 42.5. The van der Waals surface area contributed by atoms with Crippen molar-refractivity contribution in [1.29, 1.82) is 0 Å². The Morgan fingerprint density at radius 2 is 1.90 bits per heavy atom. The number of ether oxygens (including phenoxy) is 4. The van der Waals surface area contributed by atoms with E-state index in [4.69, 9.17) is 40.5 Å². The number of sulfonamides is 1. The first-order valence-corrected chi connectivity index (χ1v) is 23.8. The molecule has 0 spiro atoms. The monoisotopic (exact) mass is 883 g/mol. The van der Waals surface area contributed by atoms with Gasteiger partial charge in [-0.3, -0.25) is 24.0 Å². The van der Waals surface area contributed by atoms with Gasteiger partial charge in [0.05, 0.1) is 59.2 Å². The minimum absolute atomic E-state index is 0.171. The maximum atomic E-state index is 14.6. The number of nitrogens with zero attached hydrogens (tertiary/aromatic N) is 4. The van der Waals surface area contributed by atoms with E-state index in [-0.39, 0.29) is 42.5 Å². The third-order valence-corrected chi connectivity index (χ3v) is 16.1. The molecule has 2 aliphatic carbocycles.